The Hall–Kier alpha value is -4.57. The molecular formula is C24H15ClF2N4O4. The Morgan fingerprint density at radius 3 is 2.11 bits per heavy atom. The molecule has 0 aliphatic rings. The molecule has 11 heteroatoms. The van der Waals surface area contributed by atoms with Crippen LogP contribution >= 0.6 is 11.6 Å². The third kappa shape index (κ3) is 5.50. The van der Waals surface area contributed by atoms with Crippen LogP contribution in [0.5, 0.6) is 5.75 Å². The number of halogens is 3. The summed E-state index contributed by atoms with van der Waals surface area (Å²) < 4.78 is 31.9. The number of amides is 2. The average Bonchev–Trinajstić information content (AvgIpc) is 3.34. The average molecular weight is 497 g/mol. The number of esters is 1. The summed E-state index contributed by atoms with van der Waals surface area (Å²) in [6.07, 6.45) is 1.19. The third-order valence-corrected chi connectivity index (χ3v) is 4.98. The van der Waals surface area contributed by atoms with Crippen molar-refractivity contribution in [3.05, 3.63) is 107 Å². The van der Waals surface area contributed by atoms with Crippen LogP contribution in [-0.2, 0) is 0 Å². The Morgan fingerprint density at radius 1 is 0.857 bits per heavy atom. The molecule has 4 aromatic rings. The van der Waals surface area contributed by atoms with Gasteiger partial charge in [0.05, 0.1) is 16.9 Å². The van der Waals surface area contributed by atoms with Gasteiger partial charge in [-0.1, -0.05) is 29.8 Å². The number of nitrogens with zero attached hydrogens (tertiary/aromatic N) is 1. The zero-order valence-corrected chi connectivity index (χ0v) is 18.4. The minimum Gasteiger partial charge on any atom is -0.422 e. The van der Waals surface area contributed by atoms with E-state index in [0.29, 0.717) is 29.3 Å². The predicted octanol–water partition coefficient (Wildman–Crippen LogP) is 5.07. The number of imidazole rings is 1. The quantitative estimate of drug-likeness (QED) is 0.196. The fourth-order valence-electron chi connectivity index (χ4n) is 2.99. The molecule has 1 heterocycles. The maximum atomic E-state index is 13.4. The molecule has 176 valence electrons. The van der Waals surface area contributed by atoms with E-state index in [9.17, 15) is 23.2 Å². The van der Waals surface area contributed by atoms with Crippen LogP contribution < -0.4 is 15.4 Å². The first-order valence-corrected chi connectivity index (χ1v) is 10.4. The topological polar surface area (TPSA) is 113 Å². The van der Waals surface area contributed by atoms with Crippen molar-refractivity contribution in [2.24, 2.45) is 0 Å². The second-order valence-electron chi connectivity index (χ2n) is 7.06. The molecule has 0 saturated carbocycles. The lowest BCUT2D eigenvalue weighted by Crippen LogP contribution is -2.19. The van der Waals surface area contributed by atoms with E-state index >= 15 is 0 Å². The van der Waals surface area contributed by atoms with Gasteiger partial charge in [-0.2, -0.15) is 0 Å². The molecule has 1 aromatic heterocycles. The number of aromatic nitrogens is 2. The molecule has 2 amide bonds. The number of ether oxygens (including phenoxy) is 1. The lowest BCUT2D eigenvalue weighted by atomic mass is 10.2. The first-order chi connectivity index (χ1) is 16.8. The van der Waals surface area contributed by atoms with Gasteiger partial charge in [0, 0.05) is 11.4 Å². The summed E-state index contributed by atoms with van der Waals surface area (Å²) in [6, 6.07) is 15.7. The van der Waals surface area contributed by atoms with E-state index in [0.717, 1.165) is 0 Å². The lowest BCUT2D eigenvalue weighted by Gasteiger charge is -2.09. The molecule has 3 N–H and O–H groups in total. The highest BCUT2D eigenvalue weighted by Gasteiger charge is 2.22. The van der Waals surface area contributed by atoms with Gasteiger partial charge in [-0.15, -0.1) is 0 Å². The number of benzene rings is 3. The monoisotopic (exact) mass is 496 g/mol. The molecule has 0 aliphatic carbocycles. The molecule has 0 fully saturated rings. The van der Waals surface area contributed by atoms with Crippen molar-refractivity contribution in [3.63, 3.8) is 0 Å². The number of rotatable bonds is 6. The van der Waals surface area contributed by atoms with Crippen LogP contribution in [0.3, 0.4) is 0 Å². The van der Waals surface area contributed by atoms with E-state index in [1.54, 1.807) is 30.3 Å². The van der Waals surface area contributed by atoms with Crippen molar-refractivity contribution < 1.29 is 27.9 Å². The van der Waals surface area contributed by atoms with E-state index in [1.807, 2.05) is 0 Å². The molecule has 4 rings (SSSR count). The largest absolute Gasteiger partial charge is 0.422 e. The SMILES string of the molecule is O=C(Nc1ccc(NC(=O)c2[nH]cnc2C(=O)Oc2ccccc2)cc1)c1cc(F)c(F)cc1Cl. The molecule has 35 heavy (non-hydrogen) atoms. The standard InChI is InChI=1S/C24H15ClF2N4O4/c25-17-11-19(27)18(26)10-16(17)22(32)30-13-6-8-14(9-7-13)31-23(33)20-21(29-12-28-20)24(34)35-15-4-2-1-3-5-15/h1-12H,(H,28,29)(H,30,32)(H,31,33). The Kier molecular flexibility index (Phi) is 6.83. The highest BCUT2D eigenvalue weighted by atomic mass is 35.5. The molecule has 0 radical (unpaired) electrons. The van der Waals surface area contributed by atoms with Crippen molar-refractivity contribution in [1.29, 1.82) is 0 Å². The summed E-state index contributed by atoms with van der Waals surface area (Å²) in [5, 5.41) is 4.85. The van der Waals surface area contributed by atoms with Crippen molar-refractivity contribution in [2.45, 2.75) is 0 Å². The summed E-state index contributed by atoms with van der Waals surface area (Å²) in [5.41, 5.74) is 0.116. The van der Waals surface area contributed by atoms with Crippen molar-refractivity contribution in [1.82, 2.24) is 9.97 Å². The Balaban J connectivity index is 1.41. The van der Waals surface area contributed by atoms with Crippen LogP contribution in [0.2, 0.25) is 5.02 Å². The normalized spacial score (nSPS) is 10.5. The number of aromatic amines is 1. The number of hydrogen-bond donors (Lipinski definition) is 3. The molecule has 0 bridgehead atoms. The lowest BCUT2D eigenvalue weighted by molar-refractivity contribution is 0.0724. The molecule has 3 aromatic carbocycles. The Morgan fingerprint density at radius 2 is 1.46 bits per heavy atom. The van der Waals surface area contributed by atoms with Gasteiger partial charge in [0.1, 0.15) is 11.4 Å². The molecule has 0 saturated heterocycles. The molecule has 8 nitrogen and oxygen atoms in total. The number of H-pyrrole nitrogens is 1. The van der Waals surface area contributed by atoms with Gasteiger partial charge in [0.15, 0.2) is 17.3 Å². The van der Waals surface area contributed by atoms with Gasteiger partial charge >= 0.3 is 5.97 Å². The minimum atomic E-state index is -1.21. The van der Waals surface area contributed by atoms with Crippen molar-refractivity contribution in [2.75, 3.05) is 10.6 Å². The molecule has 0 spiro atoms. The summed E-state index contributed by atoms with van der Waals surface area (Å²) in [6.45, 7) is 0. The van der Waals surface area contributed by atoms with E-state index < -0.39 is 29.4 Å². The van der Waals surface area contributed by atoms with E-state index in [4.69, 9.17) is 16.3 Å². The Labute approximate surface area is 201 Å². The second kappa shape index (κ2) is 10.1. The smallest absolute Gasteiger partial charge is 0.364 e. The second-order valence-corrected chi connectivity index (χ2v) is 7.47. The number of carbonyl (C=O) groups is 3. The van der Waals surface area contributed by atoms with Gasteiger partial charge in [-0.3, -0.25) is 9.59 Å². The van der Waals surface area contributed by atoms with Gasteiger partial charge in [-0.05, 0) is 48.5 Å². The fourth-order valence-corrected chi connectivity index (χ4v) is 3.23. The van der Waals surface area contributed by atoms with E-state index in [-0.39, 0.29) is 22.0 Å². The number of carbonyl (C=O) groups excluding carboxylic acids is 3. The highest BCUT2D eigenvalue weighted by Crippen LogP contribution is 2.22. The summed E-state index contributed by atoms with van der Waals surface area (Å²) in [5.74, 6) is -4.27. The summed E-state index contributed by atoms with van der Waals surface area (Å²) >= 11 is 5.82. The van der Waals surface area contributed by atoms with Crippen LogP contribution in [0.15, 0.2) is 73.1 Å². The highest BCUT2D eigenvalue weighted by molar-refractivity contribution is 6.34. The predicted molar refractivity (Wildman–Crippen MR) is 124 cm³/mol. The van der Waals surface area contributed by atoms with Crippen LogP contribution in [0.4, 0.5) is 20.2 Å². The van der Waals surface area contributed by atoms with Gasteiger partial charge in [0.2, 0.25) is 0 Å². The van der Waals surface area contributed by atoms with Crippen molar-refractivity contribution in [3.8, 4) is 5.75 Å². The summed E-state index contributed by atoms with van der Waals surface area (Å²) in [4.78, 5) is 43.9. The maximum Gasteiger partial charge on any atom is 0.364 e. The van der Waals surface area contributed by atoms with Gasteiger partial charge in [0.25, 0.3) is 11.8 Å². The van der Waals surface area contributed by atoms with Crippen LogP contribution in [-0.4, -0.2) is 27.8 Å². The van der Waals surface area contributed by atoms with Gasteiger partial charge < -0.3 is 20.4 Å². The minimum absolute atomic E-state index is 0.101. The molecule has 0 unspecified atom stereocenters. The zero-order valence-electron chi connectivity index (χ0n) is 17.6. The van der Waals surface area contributed by atoms with Gasteiger partial charge in [-0.25, -0.2) is 18.6 Å². The van der Waals surface area contributed by atoms with E-state index in [2.05, 4.69) is 20.6 Å². The summed E-state index contributed by atoms with van der Waals surface area (Å²) in [7, 11) is 0. The number of nitrogens with one attached hydrogen (secondary N) is 3. The number of anilines is 2. The Bertz CT molecular complexity index is 1410. The van der Waals surface area contributed by atoms with Crippen LogP contribution in [0, 0.1) is 11.6 Å². The number of hydrogen-bond acceptors (Lipinski definition) is 5. The third-order valence-electron chi connectivity index (χ3n) is 4.67. The van der Waals surface area contributed by atoms with Crippen LogP contribution in [0.1, 0.15) is 31.3 Å². The zero-order chi connectivity index (χ0) is 24.9. The molecule has 0 atom stereocenters. The first kappa shape index (κ1) is 23.6. The van der Waals surface area contributed by atoms with Crippen molar-refractivity contribution >= 4 is 40.8 Å². The first-order valence-electron chi connectivity index (χ1n) is 9.99. The fraction of sp³-hybridized carbons (Fsp3) is 0. The number of para-hydroxylation sites is 1. The maximum absolute atomic E-state index is 13.4. The molecule has 0 aliphatic heterocycles. The molecular weight excluding hydrogens is 482 g/mol. The van der Waals surface area contributed by atoms with Crippen LogP contribution in [0.25, 0.3) is 0 Å². The van der Waals surface area contributed by atoms with E-state index in [1.165, 1.54) is 30.6 Å².